The lowest BCUT2D eigenvalue weighted by Crippen LogP contribution is -2.33. The quantitative estimate of drug-likeness (QED) is 0.863. The Morgan fingerprint density at radius 3 is 3.00 bits per heavy atom. The Hall–Kier alpha value is -1.13. The van der Waals surface area contributed by atoms with E-state index in [-0.39, 0.29) is 0 Å². The van der Waals surface area contributed by atoms with Crippen molar-refractivity contribution < 1.29 is 0 Å². The van der Waals surface area contributed by atoms with Crippen LogP contribution in [0.2, 0.25) is 0 Å². The van der Waals surface area contributed by atoms with Crippen molar-refractivity contribution >= 4 is 11.3 Å². The fourth-order valence-corrected chi connectivity index (χ4v) is 2.26. The van der Waals surface area contributed by atoms with Crippen molar-refractivity contribution in [3.05, 3.63) is 40.8 Å². The highest BCUT2D eigenvalue weighted by molar-refractivity contribution is 7.07. The molecule has 0 radical (unpaired) electrons. The summed E-state index contributed by atoms with van der Waals surface area (Å²) >= 11 is 1.74. The largest absolute Gasteiger partial charge is 0.308 e. The summed E-state index contributed by atoms with van der Waals surface area (Å²) in [7, 11) is 0. The van der Waals surface area contributed by atoms with E-state index >= 15 is 0 Å². The van der Waals surface area contributed by atoms with Crippen LogP contribution in [0, 0.1) is 0 Å². The van der Waals surface area contributed by atoms with Gasteiger partial charge in [0.05, 0.1) is 6.04 Å². The van der Waals surface area contributed by atoms with Gasteiger partial charge in [-0.05, 0) is 42.3 Å². The van der Waals surface area contributed by atoms with Crippen LogP contribution in [0.4, 0.5) is 0 Å². The minimum absolute atomic E-state index is 0.369. The van der Waals surface area contributed by atoms with Crippen molar-refractivity contribution in [1.82, 2.24) is 15.1 Å². The molecular formula is C12H17N3S. The Labute approximate surface area is 100 Å². The molecule has 2 rings (SSSR count). The average molecular weight is 235 g/mol. The van der Waals surface area contributed by atoms with Crippen molar-refractivity contribution in [1.29, 1.82) is 0 Å². The molecule has 0 unspecified atom stereocenters. The van der Waals surface area contributed by atoms with Gasteiger partial charge in [0.2, 0.25) is 0 Å². The summed E-state index contributed by atoms with van der Waals surface area (Å²) in [6, 6.07) is 4.89. The van der Waals surface area contributed by atoms with Crippen molar-refractivity contribution in [2.24, 2.45) is 0 Å². The molecule has 0 fully saturated rings. The predicted molar refractivity (Wildman–Crippen MR) is 67.6 cm³/mol. The predicted octanol–water partition coefficient (Wildman–Crippen LogP) is 2.68. The SMILES string of the molecule is C[C@H](NCc1ccsc1)[C@@H](C)n1cccn1. The number of thiophene rings is 1. The molecular weight excluding hydrogens is 218 g/mol. The first-order chi connectivity index (χ1) is 7.77. The van der Waals surface area contributed by atoms with Crippen LogP contribution in [-0.2, 0) is 6.54 Å². The molecule has 0 aromatic carbocycles. The lowest BCUT2D eigenvalue weighted by molar-refractivity contribution is 0.365. The molecule has 16 heavy (non-hydrogen) atoms. The van der Waals surface area contributed by atoms with Gasteiger partial charge in [-0.1, -0.05) is 0 Å². The highest BCUT2D eigenvalue weighted by Gasteiger charge is 2.13. The van der Waals surface area contributed by atoms with Crippen LogP contribution in [0.15, 0.2) is 35.3 Å². The van der Waals surface area contributed by atoms with Crippen LogP contribution >= 0.6 is 11.3 Å². The molecule has 2 aromatic rings. The molecule has 0 amide bonds. The van der Waals surface area contributed by atoms with Crippen molar-refractivity contribution in [2.45, 2.75) is 32.5 Å². The molecule has 2 aromatic heterocycles. The zero-order valence-corrected chi connectivity index (χ0v) is 10.4. The maximum atomic E-state index is 4.26. The summed E-state index contributed by atoms with van der Waals surface area (Å²) in [6.07, 6.45) is 3.83. The molecule has 86 valence electrons. The number of rotatable bonds is 5. The maximum absolute atomic E-state index is 4.26. The second kappa shape index (κ2) is 5.27. The van der Waals surface area contributed by atoms with Gasteiger partial charge in [-0.15, -0.1) is 0 Å². The number of nitrogens with one attached hydrogen (secondary N) is 1. The van der Waals surface area contributed by atoms with E-state index in [2.05, 4.69) is 41.1 Å². The lowest BCUT2D eigenvalue weighted by atomic mass is 10.1. The second-order valence-electron chi connectivity index (χ2n) is 4.03. The summed E-state index contributed by atoms with van der Waals surface area (Å²) < 4.78 is 1.99. The third-order valence-electron chi connectivity index (χ3n) is 2.87. The van der Waals surface area contributed by atoms with E-state index in [1.165, 1.54) is 5.56 Å². The smallest absolute Gasteiger partial charge is 0.0641 e. The monoisotopic (exact) mass is 235 g/mol. The average Bonchev–Trinajstić information content (AvgIpc) is 2.96. The van der Waals surface area contributed by atoms with Crippen molar-refractivity contribution in [3.8, 4) is 0 Å². The van der Waals surface area contributed by atoms with E-state index in [1.807, 2.05) is 23.1 Å². The molecule has 2 atom stereocenters. The lowest BCUT2D eigenvalue weighted by Gasteiger charge is -2.21. The molecule has 2 heterocycles. The van der Waals surface area contributed by atoms with Crippen molar-refractivity contribution in [2.75, 3.05) is 0 Å². The summed E-state index contributed by atoms with van der Waals surface area (Å²) in [5.74, 6) is 0. The standard InChI is InChI=1S/C12H17N3S/c1-10(11(2)15-6-3-5-14-15)13-8-12-4-7-16-9-12/h3-7,9-11,13H,8H2,1-2H3/t10-,11+/m0/s1. The maximum Gasteiger partial charge on any atom is 0.0641 e. The third-order valence-corrected chi connectivity index (χ3v) is 3.61. The minimum atomic E-state index is 0.369. The van der Waals surface area contributed by atoms with Gasteiger partial charge in [0.15, 0.2) is 0 Å². The normalized spacial score (nSPS) is 14.9. The topological polar surface area (TPSA) is 29.9 Å². The summed E-state index contributed by atoms with van der Waals surface area (Å²) in [4.78, 5) is 0. The van der Waals surface area contributed by atoms with Crippen LogP contribution in [0.5, 0.6) is 0 Å². The Morgan fingerprint density at radius 1 is 1.50 bits per heavy atom. The fourth-order valence-electron chi connectivity index (χ4n) is 1.59. The summed E-state index contributed by atoms with van der Waals surface area (Å²) in [6.45, 7) is 5.30. The van der Waals surface area contributed by atoms with E-state index in [9.17, 15) is 0 Å². The zero-order valence-electron chi connectivity index (χ0n) is 9.63. The van der Waals surface area contributed by atoms with E-state index in [4.69, 9.17) is 0 Å². The highest BCUT2D eigenvalue weighted by atomic mass is 32.1. The number of hydrogen-bond acceptors (Lipinski definition) is 3. The van der Waals surface area contributed by atoms with E-state index in [1.54, 1.807) is 11.3 Å². The van der Waals surface area contributed by atoms with Crippen molar-refractivity contribution in [3.63, 3.8) is 0 Å². The number of hydrogen-bond donors (Lipinski definition) is 1. The van der Waals surface area contributed by atoms with Gasteiger partial charge in [-0.25, -0.2) is 0 Å². The second-order valence-corrected chi connectivity index (χ2v) is 4.81. The Kier molecular flexibility index (Phi) is 3.74. The molecule has 0 spiro atoms. The summed E-state index contributed by atoms with van der Waals surface area (Å²) in [5.41, 5.74) is 1.35. The van der Waals surface area contributed by atoms with Gasteiger partial charge < -0.3 is 5.32 Å². The molecule has 0 aliphatic heterocycles. The fraction of sp³-hybridized carbons (Fsp3) is 0.417. The number of aromatic nitrogens is 2. The third kappa shape index (κ3) is 2.71. The molecule has 3 nitrogen and oxygen atoms in total. The first-order valence-corrected chi connectivity index (χ1v) is 6.45. The van der Waals surface area contributed by atoms with Gasteiger partial charge in [-0.2, -0.15) is 16.4 Å². The molecule has 4 heteroatoms. The molecule has 0 saturated carbocycles. The summed E-state index contributed by atoms with van der Waals surface area (Å²) in [5, 5.41) is 12.1. The first-order valence-electron chi connectivity index (χ1n) is 5.51. The van der Waals surface area contributed by atoms with Crippen LogP contribution in [0.25, 0.3) is 0 Å². The van der Waals surface area contributed by atoms with E-state index in [0.717, 1.165) is 6.54 Å². The highest BCUT2D eigenvalue weighted by Crippen LogP contribution is 2.11. The molecule has 1 N–H and O–H groups in total. The molecule has 0 saturated heterocycles. The molecule has 0 bridgehead atoms. The van der Waals surface area contributed by atoms with E-state index < -0.39 is 0 Å². The van der Waals surface area contributed by atoms with Gasteiger partial charge in [-0.3, -0.25) is 4.68 Å². The number of nitrogens with zero attached hydrogens (tertiary/aromatic N) is 2. The first kappa shape index (κ1) is 11.4. The van der Waals surface area contributed by atoms with Crippen LogP contribution in [-0.4, -0.2) is 15.8 Å². The van der Waals surface area contributed by atoms with Crippen LogP contribution in [0.3, 0.4) is 0 Å². The van der Waals surface area contributed by atoms with Crippen LogP contribution in [0.1, 0.15) is 25.5 Å². The Morgan fingerprint density at radius 2 is 2.38 bits per heavy atom. The van der Waals surface area contributed by atoms with Gasteiger partial charge in [0.1, 0.15) is 0 Å². The van der Waals surface area contributed by atoms with E-state index in [0.29, 0.717) is 12.1 Å². The van der Waals surface area contributed by atoms with Gasteiger partial charge in [0.25, 0.3) is 0 Å². The Bertz CT molecular complexity index is 394. The van der Waals surface area contributed by atoms with Gasteiger partial charge in [0, 0.05) is 25.0 Å². The van der Waals surface area contributed by atoms with Gasteiger partial charge >= 0.3 is 0 Å². The van der Waals surface area contributed by atoms with Crippen LogP contribution < -0.4 is 5.32 Å². The Balaban J connectivity index is 1.86. The molecule has 0 aliphatic carbocycles. The minimum Gasteiger partial charge on any atom is -0.308 e. The zero-order chi connectivity index (χ0) is 11.4. The molecule has 0 aliphatic rings.